The molecule has 0 spiro atoms. The Morgan fingerprint density at radius 1 is 1.14 bits per heavy atom. The molecule has 0 bridgehead atoms. The van der Waals surface area contributed by atoms with Gasteiger partial charge in [-0.1, -0.05) is 11.6 Å². The third kappa shape index (κ3) is 4.66. The molecule has 1 aromatic heterocycles. The molecule has 2 aromatic carbocycles. The number of hydrogen-bond donors (Lipinski definition) is 1. The number of carbonyl (C=O) groups is 1. The molecule has 1 amide bonds. The van der Waals surface area contributed by atoms with Crippen LogP contribution in [0.25, 0.3) is 5.69 Å². The number of carbonyl (C=O) groups excluding carboxylic acids is 1. The highest BCUT2D eigenvalue weighted by molar-refractivity contribution is 7.92. The van der Waals surface area contributed by atoms with Crippen molar-refractivity contribution in [1.82, 2.24) is 4.57 Å². The number of amides is 1. The SMILES string of the molecule is Cc1cc(OCc2ccc(F)cc2F)c(Cl)c(=O)n1-c1ccc2c(c1)N(C(=O)CO)CN2S(C)(=O)=O. The summed E-state index contributed by atoms with van der Waals surface area (Å²) in [5.74, 6) is -2.28. The maximum atomic E-state index is 13.9. The van der Waals surface area contributed by atoms with E-state index in [1.165, 1.54) is 34.9 Å². The lowest BCUT2D eigenvalue weighted by Crippen LogP contribution is -2.39. The van der Waals surface area contributed by atoms with Crippen LogP contribution in [0.15, 0.2) is 47.3 Å². The average Bonchev–Trinajstić information content (AvgIpc) is 3.20. The van der Waals surface area contributed by atoms with E-state index in [4.69, 9.17) is 16.3 Å². The second-order valence-electron chi connectivity index (χ2n) is 8.03. The second-order valence-corrected chi connectivity index (χ2v) is 10.3. The number of hydrogen-bond acceptors (Lipinski definition) is 6. The Balaban J connectivity index is 1.73. The molecule has 0 radical (unpaired) electrons. The molecule has 1 N–H and O–H groups in total. The fraction of sp³-hybridized carbons (Fsp3) is 0.217. The Morgan fingerprint density at radius 2 is 1.86 bits per heavy atom. The minimum Gasteiger partial charge on any atom is -0.487 e. The minimum atomic E-state index is -3.73. The number of benzene rings is 2. The molecule has 0 saturated heterocycles. The van der Waals surface area contributed by atoms with E-state index in [0.29, 0.717) is 11.8 Å². The first-order chi connectivity index (χ1) is 16.9. The highest BCUT2D eigenvalue weighted by Crippen LogP contribution is 2.39. The molecule has 0 fully saturated rings. The van der Waals surface area contributed by atoms with Gasteiger partial charge in [-0.15, -0.1) is 0 Å². The van der Waals surface area contributed by atoms with Crippen molar-refractivity contribution in [2.24, 2.45) is 0 Å². The van der Waals surface area contributed by atoms with Gasteiger partial charge in [0.15, 0.2) is 0 Å². The Hall–Kier alpha value is -3.48. The molecule has 190 valence electrons. The standard InChI is InChI=1S/C23H20ClF2N3O6S/c1-13-7-20(35-11-14-3-4-15(25)8-17(14)26)22(24)23(32)29(13)16-5-6-18-19(9-16)27(21(31)10-30)12-28(18)36(2,33)34/h3-9,30H,10-12H2,1-2H3. The summed E-state index contributed by atoms with van der Waals surface area (Å²) in [6, 6.07) is 8.84. The molecule has 0 atom stereocenters. The Kier molecular flexibility index (Phi) is 6.78. The number of pyridine rings is 1. The monoisotopic (exact) mass is 539 g/mol. The van der Waals surface area contributed by atoms with Crippen LogP contribution < -0.4 is 19.5 Å². The van der Waals surface area contributed by atoms with Crippen molar-refractivity contribution in [3.63, 3.8) is 0 Å². The maximum absolute atomic E-state index is 13.9. The molecule has 36 heavy (non-hydrogen) atoms. The Morgan fingerprint density at radius 3 is 2.50 bits per heavy atom. The molecule has 0 unspecified atom stereocenters. The van der Waals surface area contributed by atoms with E-state index < -0.39 is 39.7 Å². The normalized spacial score (nSPS) is 13.2. The summed E-state index contributed by atoms with van der Waals surface area (Å²) in [4.78, 5) is 26.5. The third-order valence-electron chi connectivity index (χ3n) is 5.58. The molecule has 9 nitrogen and oxygen atoms in total. The first kappa shape index (κ1) is 25.6. The number of aromatic nitrogens is 1. The summed E-state index contributed by atoms with van der Waals surface area (Å²) in [5.41, 5.74) is 0.436. The van der Waals surface area contributed by atoms with Gasteiger partial charge in [0.05, 0.1) is 23.3 Å². The van der Waals surface area contributed by atoms with Crippen LogP contribution in [-0.2, 0) is 21.4 Å². The molecule has 4 rings (SSSR count). The molecule has 0 saturated carbocycles. The quantitative estimate of drug-likeness (QED) is 0.516. The van der Waals surface area contributed by atoms with E-state index in [1.54, 1.807) is 6.92 Å². The molecule has 3 aromatic rings. The van der Waals surface area contributed by atoms with Gasteiger partial charge in [0.25, 0.3) is 11.5 Å². The van der Waals surface area contributed by atoms with Crippen LogP contribution in [0.4, 0.5) is 20.2 Å². The van der Waals surface area contributed by atoms with Crippen LogP contribution in [0, 0.1) is 18.6 Å². The molecule has 0 aliphatic carbocycles. The zero-order valence-electron chi connectivity index (χ0n) is 19.0. The molecular formula is C23H20ClF2N3O6S. The molecule has 2 heterocycles. The van der Waals surface area contributed by atoms with Crippen molar-refractivity contribution in [3.8, 4) is 11.4 Å². The number of anilines is 2. The van der Waals surface area contributed by atoms with Crippen LogP contribution in [0.1, 0.15) is 11.3 Å². The lowest BCUT2D eigenvalue weighted by Gasteiger charge is -2.18. The lowest BCUT2D eigenvalue weighted by atomic mass is 10.2. The van der Waals surface area contributed by atoms with E-state index in [-0.39, 0.29) is 46.7 Å². The first-order valence-electron chi connectivity index (χ1n) is 10.4. The van der Waals surface area contributed by atoms with Gasteiger partial charge in [0.1, 0.15) is 42.3 Å². The topological polar surface area (TPSA) is 109 Å². The predicted octanol–water partition coefficient (Wildman–Crippen LogP) is 2.72. The molecule has 13 heteroatoms. The Bertz CT molecular complexity index is 1540. The average molecular weight is 540 g/mol. The molecule has 1 aliphatic rings. The fourth-order valence-corrected chi connectivity index (χ4v) is 4.87. The maximum Gasteiger partial charge on any atom is 0.277 e. The van der Waals surface area contributed by atoms with Gasteiger partial charge in [0, 0.05) is 23.4 Å². The number of halogens is 3. The number of rotatable bonds is 6. The molecule has 1 aliphatic heterocycles. The van der Waals surface area contributed by atoms with Gasteiger partial charge in [0.2, 0.25) is 10.0 Å². The number of ether oxygens (including phenoxy) is 1. The minimum absolute atomic E-state index is 0.0133. The zero-order chi connectivity index (χ0) is 26.4. The number of aliphatic hydroxyl groups is 1. The smallest absolute Gasteiger partial charge is 0.277 e. The van der Waals surface area contributed by atoms with Crippen molar-refractivity contribution in [2.75, 3.05) is 28.7 Å². The largest absolute Gasteiger partial charge is 0.487 e. The number of nitrogens with zero attached hydrogens (tertiary/aromatic N) is 3. The zero-order valence-corrected chi connectivity index (χ0v) is 20.6. The predicted molar refractivity (Wildman–Crippen MR) is 129 cm³/mol. The van der Waals surface area contributed by atoms with Gasteiger partial charge in [-0.05, 0) is 37.3 Å². The van der Waals surface area contributed by atoms with Crippen LogP contribution in [-0.4, -0.2) is 43.5 Å². The van der Waals surface area contributed by atoms with Crippen molar-refractivity contribution >= 4 is 38.9 Å². The van der Waals surface area contributed by atoms with E-state index in [9.17, 15) is 31.9 Å². The first-order valence-corrected chi connectivity index (χ1v) is 12.7. The van der Waals surface area contributed by atoms with Crippen LogP contribution in [0.3, 0.4) is 0 Å². The summed E-state index contributed by atoms with van der Waals surface area (Å²) in [6.45, 7) is 0.133. The van der Waals surface area contributed by atoms with Gasteiger partial charge < -0.3 is 9.84 Å². The number of sulfonamides is 1. The fourth-order valence-electron chi connectivity index (χ4n) is 3.84. The number of aryl methyl sites for hydroxylation is 1. The third-order valence-corrected chi connectivity index (χ3v) is 7.04. The summed E-state index contributed by atoms with van der Waals surface area (Å²) in [6.07, 6.45) is 0.989. The van der Waals surface area contributed by atoms with Crippen molar-refractivity contribution in [1.29, 1.82) is 0 Å². The summed E-state index contributed by atoms with van der Waals surface area (Å²) in [7, 11) is -3.73. The lowest BCUT2D eigenvalue weighted by molar-refractivity contribution is -0.121. The van der Waals surface area contributed by atoms with Crippen LogP contribution in [0.2, 0.25) is 5.02 Å². The van der Waals surface area contributed by atoms with E-state index >= 15 is 0 Å². The van der Waals surface area contributed by atoms with E-state index in [1.807, 2.05) is 0 Å². The summed E-state index contributed by atoms with van der Waals surface area (Å²) < 4.78 is 59.2. The summed E-state index contributed by atoms with van der Waals surface area (Å²) in [5, 5.41) is 9.03. The van der Waals surface area contributed by atoms with Gasteiger partial charge in [-0.3, -0.25) is 19.1 Å². The summed E-state index contributed by atoms with van der Waals surface area (Å²) >= 11 is 6.26. The van der Waals surface area contributed by atoms with Gasteiger partial charge in [-0.2, -0.15) is 0 Å². The van der Waals surface area contributed by atoms with Gasteiger partial charge >= 0.3 is 0 Å². The Labute approximate surface area is 209 Å². The number of aliphatic hydroxyl groups excluding tert-OH is 1. The second kappa shape index (κ2) is 9.52. The van der Waals surface area contributed by atoms with E-state index in [2.05, 4.69) is 0 Å². The van der Waals surface area contributed by atoms with Gasteiger partial charge in [-0.25, -0.2) is 21.5 Å². The van der Waals surface area contributed by atoms with Crippen LogP contribution >= 0.6 is 11.6 Å². The highest BCUT2D eigenvalue weighted by Gasteiger charge is 2.35. The van der Waals surface area contributed by atoms with Crippen molar-refractivity contribution in [3.05, 3.63) is 80.7 Å². The van der Waals surface area contributed by atoms with E-state index in [0.717, 1.165) is 21.5 Å². The van der Waals surface area contributed by atoms with Crippen molar-refractivity contribution in [2.45, 2.75) is 13.5 Å². The van der Waals surface area contributed by atoms with Crippen molar-refractivity contribution < 1.29 is 31.8 Å². The molecular weight excluding hydrogens is 520 g/mol. The number of fused-ring (bicyclic) bond motifs is 1. The highest BCUT2D eigenvalue weighted by atomic mass is 35.5. The van der Waals surface area contributed by atoms with Crippen LogP contribution in [0.5, 0.6) is 5.75 Å².